The zero-order valence-corrected chi connectivity index (χ0v) is 9.83. The Morgan fingerprint density at radius 3 is 2.36 bits per heavy atom. The number of rotatable bonds is 5. The van der Waals surface area contributed by atoms with E-state index >= 15 is 0 Å². The third-order valence-electron chi connectivity index (χ3n) is 1.56. The van der Waals surface area contributed by atoms with Gasteiger partial charge in [-0.2, -0.15) is 12.6 Å². The molecule has 0 saturated carbocycles. The second-order valence-electron chi connectivity index (χ2n) is 3.03. The molecular formula is C6H15N2O4PS. The summed E-state index contributed by atoms with van der Waals surface area (Å²) in [6.07, 6.45) is -0.635. The Morgan fingerprint density at radius 2 is 2.07 bits per heavy atom. The fourth-order valence-corrected chi connectivity index (χ4v) is 1.63. The molecule has 0 aromatic heterocycles. The van der Waals surface area contributed by atoms with Crippen LogP contribution in [0.2, 0.25) is 0 Å². The van der Waals surface area contributed by atoms with E-state index in [-0.39, 0.29) is 0 Å². The van der Waals surface area contributed by atoms with Crippen molar-refractivity contribution in [2.24, 2.45) is 0 Å². The normalized spacial score (nSPS) is 14.1. The molecule has 84 valence electrons. The Balaban J connectivity index is 4.13. The van der Waals surface area contributed by atoms with E-state index in [9.17, 15) is 9.36 Å². The first kappa shape index (κ1) is 13.9. The molecule has 0 radical (unpaired) electrons. The number of likely N-dealkylation sites (N-methyl/N-ethyl adjacent to an activating group) is 1. The van der Waals surface area contributed by atoms with E-state index in [1.165, 1.54) is 0 Å². The number of nitrogens with one attached hydrogen (secondary N) is 1. The molecule has 0 aliphatic carbocycles. The van der Waals surface area contributed by atoms with Gasteiger partial charge in [-0.25, -0.2) is 0 Å². The van der Waals surface area contributed by atoms with Crippen LogP contribution in [0.15, 0.2) is 0 Å². The number of hydrogen-bond donors (Lipinski definition) is 4. The van der Waals surface area contributed by atoms with Gasteiger partial charge in [0.2, 0.25) is 5.91 Å². The third-order valence-corrected chi connectivity index (χ3v) is 2.47. The van der Waals surface area contributed by atoms with E-state index in [1.807, 2.05) is 0 Å². The minimum Gasteiger partial charge on any atom is -0.343 e. The number of hydrogen-bond acceptors (Lipinski definition) is 4. The molecule has 0 saturated heterocycles. The maximum atomic E-state index is 11.3. The van der Waals surface area contributed by atoms with Crippen molar-refractivity contribution in [2.75, 3.05) is 26.1 Å². The molecule has 1 atom stereocenters. The van der Waals surface area contributed by atoms with Gasteiger partial charge in [-0.15, -0.1) is 0 Å². The quantitative estimate of drug-likeness (QED) is 0.370. The van der Waals surface area contributed by atoms with Crippen molar-refractivity contribution < 1.29 is 19.1 Å². The zero-order valence-electron chi connectivity index (χ0n) is 8.04. The van der Waals surface area contributed by atoms with Crippen LogP contribution in [0.1, 0.15) is 0 Å². The Kier molecular flexibility index (Phi) is 5.70. The summed E-state index contributed by atoms with van der Waals surface area (Å²) in [7, 11) is -0.791. The molecule has 0 aliphatic heterocycles. The molecule has 0 spiro atoms. The number of carbonyl (C=O) groups excluding carboxylic acids is 1. The van der Waals surface area contributed by atoms with E-state index < -0.39 is 25.8 Å². The molecule has 3 N–H and O–H groups in total. The number of amides is 1. The predicted octanol–water partition coefficient (Wildman–Crippen LogP) is -0.902. The van der Waals surface area contributed by atoms with Crippen LogP contribution in [0, 0.1) is 0 Å². The highest BCUT2D eigenvalue weighted by molar-refractivity contribution is 7.80. The topological polar surface area (TPSA) is 89.9 Å². The molecule has 0 fully saturated rings. The Hall–Kier alpha value is -0.0700. The Labute approximate surface area is 88.2 Å². The lowest BCUT2D eigenvalue weighted by Crippen LogP contribution is -2.44. The van der Waals surface area contributed by atoms with Gasteiger partial charge in [0.05, 0.1) is 6.04 Å². The number of nitrogens with zero attached hydrogens (tertiary/aromatic N) is 1. The molecule has 0 aliphatic rings. The van der Waals surface area contributed by atoms with Crippen LogP contribution in [0.5, 0.6) is 0 Å². The molecule has 0 aromatic carbocycles. The molecule has 0 rings (SSSR count). The molecule has 6 nitrogen and oxygen atoms in total. The zero-order chi connectivity index (χ0) is 11.4. The molecule has 0 unspecified atom stereocenters. The monoisotopic (exact) mass is 242 g/mol. The van der Waals surface area contributed by atoms with Crippen molar-refractivity contribution >= 4 is 26.1 Å². The fraction of sp³-hybridized carbons (Fsp3) is 0.833. The molecule has 1 amide bonds. The van der Waals surface area contributed by atoms with Gasteiger partial charge in [0.15, 0.2) is 0 Å². The van der Waals surface area contributed by atoms with Gasteiger partial charge < -0.3 is 15.1 Å². The highest BCUT2D eigenvalue weighted by Crippen LogP contribution is 2.31. The van der Waals surface area contributed by atoms with Gasteiger partial charge in [-0.1, -0.05) is 0 Å². The van der Waals surface area contributed by atoms with Crippen LogP contribution in [-0.2, 0) is 9.36 Å². The molecule has 8 heteroatoms. The lowest BCUT2D eigenvalue weighted by Gasteiger charge is -2.21. The SMILES string of the molecule is CN(C)[C@@H](CS)C(=O)NCP(=O)(O)O. The summed E-state index contributed by atoms with van der Waals surface area (Å²) in [5.41, 5.74) is 0. The van der Waals surface area contributed by atoms with Crippen molar-refractivity contribution in [3.63, 3.8) is 0 Å². The van der Waals surface area contributed by atoms with Crippen LogP contribution in [0.25, 0.3) is 0 Å². The van der Waals surface area contributed by atoms with E-state index in [2.05, 4.69) is 17.9 Å². The maximum absolute atomic E-state index is 11.3. The van der Waals surface area contributed by atoms with Crippen molar-refractivity contribution in [3.8, 4) is 0 Å². The summed E-state index contributed by atoms with van der Waals surface area (Å²) in [6, 6.07) is -0.482. The van der Waals surface area contributed by atoms with E-state index in [0.717, 1.165) is 0 Å². The summed E-state index contributed by atoms with van der Waals surface area (Å²) < 4.78 is 10.5. The first-order valence-corrected chi connectivity index (χ1v) is 6.30. The van der Waals surface area contributed by atoms with Gasteiger partial charge in [-0.05, 0) is 14.1 Å². The molecule has 14 heavy (non-hydrogen) atoms. The average molecular weight is 242 g/mol. The maximum Gasteiger partial charge on any atom is 0.344 e. The van der Waals surface area contributed by atoms with Crippen molar-refractivity contribution in [1.82, 2.24) is 10.2 Å². The minimum absolute atomic E-state index is 0.292. The van der Waals surface area contributed by atoms with Crippen LogP contribution in [-0.4, -0.2) is 52.8 Å². The van der Waals surface area contributed by atoms with E-state index in [0.29, 0.717) is 5.75 Å². The van der Waals surface area contributed by atoms with Gasteiger partial charge in [0.25, 0.3) is 0 Å². The second kappa shape index (κ2) is 5.72. The summed E-state index contributed by atoms with van der Waals surface area (Å²) in [6.45, 7) is 0. The highest BCUT2D eigenvalue weighted by Gasteiger charge is 2.21. The van der Waals surface area contributed by atoms with E-state index in [4.69, 9.17) is 9.79 Å². The summed E-state index contributed by atoms with van der Waals surface area (Å²) in [4.78, 5) is 30.0. The Bertz CT molecular complexity index is 242. The van der Waals surface area contributed by atoms with Crippen molar-refractivity contribution in [3.05, 3.63) is 0 Å². The van der Waals surface area contributed by atoms with Gasteiger partial charge in [-0.3, -0.25) is 14.3 Å². The number of thiol groups is 1. The predicted molar refractivity (Wildman–Crippen MR) is 56.4 cm³/mol. The highest BCUT2D eigenvalue weighted by atomic mass is 32.1. The van der Waals surface area contributed by atoms with Crippen LogP contribution in [0.4, 0.5) is 0 Å². The van der Waals surface area contributed by atoms with E-state index in [1.54, 1.807) is 19.0 Å². The second-order valence-corrected chi connectivity index (χ2v) is 5.04. The lowest BCUT2D eigenvalue weighted by atomic mass is 10.3. The third kappa shape index (κ3) is 5.62. The summed E-state index contributed by atoms with van der Waals surface area (Å²) in [5, 5.41) is 2.16. The van der Waals surface area contributed by atoms with Crippen LogP contribution < -0.4 is 5.32 Å². The first-order valence-electron chi connectivity index (χ1n) is 3.87. The number of carbonyl (C=O) groups is 1. The molecule has 0 aromatic rings. The first-order chi connectivity index (χ1) is 6.28. The van der Waals surface area contributed by atoms with Crippen LogP contribution >= 0.6 is 20.2 Å². The summed E-state index contributed by atoms with van der Waals surface area (Å²) in [5.74, 6) is -0.145. The molecular weight excluding hydrogens is 227 g/mol. The Morgan fingerprint density at radius 1 is 1.57 bits per heavy atom. The molecule has 0 bridgehead atoms. The lowest BCUT2D eigenvalue weighted by molar-refractivity contribution is -0.124. The van der Waals surface area contributed by atoms with Gasteiger partial charge >= 0.3 is 7.60 Å². The smallest absolute Gasteiger partial charge is 0.343 e. The minimum atomic E-state index is -4.18. The van der Waals surface area contributed by atoms with Crippen LogP contribution in [0.3, 0.4) is 0 Å². The van der Waals surface area contributed by atoms with Gasteiger partial charge in [0.1, 0.15) is 6.29 Å². The van der Waals surface area contributed by atoms with Crippen molar-refractivity contribution in [2.45, 2.75) is 6.04 Å². The summed E-state index contributed by atoms with van der Waals surface area (Å²) >= 11 is 3.96. The van der Waals surface area contributed by atoms with Crippen molar-refractivity contribution in [1.29, 1.82) is 0 Å². The fourth-order valence-electron chi connectivity index (χ4n) is 0.779. The average Bonchev–Trinajstić information content (AvgIpc) is 2.00. The molecule has 0 heterocycles. The van der Waals surface area contributed by atoms with Gasteiger partial charge in [0, 0.05) is 5.75 Å². The standard InChI is InChI=1S/C6H15N2O4PS/c1-8(2)5(3-14)6(9)7-4-13(10,11)12/h5,14H,3-4H2,1-2H3,(H,7,9)(H2,10,11,12)/t5-/m0/s1. The largest absolute Gasteiger partial charge is 0.344 e.